The Hall–Kier alpha value is -2.29. The van der Waals surface area contributed by atoms with Crippen LogP contribution in [0.25, 0.3) is 0 Å². The van der Waals surface area contributed by atoms with Gasteiger partial charge in [0.2, 0.25) is 0 Å². The van der Waals surface area contributed by atoms with Crippen LogP contribution in [-0.4, -0.2) is 63.1 Å². The van der Waals surface area contributed by atoms with Crippen molar-refractivity contribution in [1.29, 1.82) is 0 Å². The number of guanidine groups is 1. The summed E-state index contributed by atoms with van der Waals surface area (Å²) in [6, 6.07) is 5.96. The highest BCUT2D eigenvalue weighted by Gasteiger charge is 2.09. The van der Waals surface area contributed by atoms with Gasteiger partial charge in [-0.1, -0.05) is 0 Å². The summed E-state index contributed by atoms with van der Waals surface area (Å²) in [6.45, 7) is 5.23. The molecule has 1 amide bonds. The molecule has 146 valence electrons. The predicted octanol–water partition coefficient (Wildman–Crippen LogP) is 0.500. The number of phenolic OH excluding ortho intramolecular Hbond substituents is 1. The van der Waals surface area contributed by atoms with Crippen molar-refractivity contribution in [3.63, 3.8) is 0 Å². The van der Waals surface area contributed by atoms with Crippen LogP contribution in [0, 0.1) is 0 Å². The van der Waals surface area contributed by atoms with Gasteiger partial charge >= 0.3 is 0 Å². The number of benzene rings is 1. The summed E-state index contributed by atoms with van der Waals surface area (Å²) in [4.78, 5) is 16.3. The van der Waals surface area contributed by atoms with Gasteiger partial charge in [-0.15, -0.1) is 0 Å². The largest absolute Gasteiger partial charge is 0.508 e. The third kappa shape index (κ3) is 9.26. The Morgan fingerprint density at radius 3 is 2.46 bits per heavy atom. The Morgan fingerprint density at radius 1 is 1.23 bits per heavy atom. The van der Waals surface area contributed by atoms with Crippen molar-refractivity contribution >= 4 is 21.7 Å². The molecule has 1 aromatic carbocycles. The molecule has 1 atom stereocenters. The number of carbonyl (C=O) groups is 1. The van der Waals surface area contributed by atoms with Crippen molar-refractivity contribution < 1.29 is 18.3 Å². The minimum atomic E-state index is -2.99. The number of aromatic hydroxyl groups is 1. The number of phenols is 1. The summed E-state index contributed by atoms with van der Waals surface area (Å²) in [5.74, 6) is 0.563. The van der Waals surface area contributed by atoms with Crippen molar-refractivity contribution in [2.45, 2.75) is 26.3 Å². The van der Waals surface area contributed by atoms with E-state index in [2.05, 4.69) is 20.9 Å². The summed E-state index contributed by atoms with van der Waals surface area (Å²) in [6.07, 6.45) is 1.70. The van der Waals surface area contributed by atoms with Crippen LogP contribution >= 0.6 is 0 Å². The summed E-state index contributed by atoms with van der Waals surface area (Å²) < 4.78 is 22.5. The van der Waals surface area contributed by atoms with Gasteiger partial charge < -0.3 is 21.1 Å². The van der Waals surface area contributed by atoms with Crippen molar-refractivity contribution in [3.8, 4) is 5.75 Å². The highest BCUT2D eigenvalue weighted by molar-refractivity contribution is 7.90. The molecule has 4 N–H and O–H groups in total. The van der Waals surface area contributed by atoms with Gasteiger partial charge in [0.1, 0.15) is 15.6 Å². The second-order valence-electron chi connectivity index (χ2n) is 6.03. The zero-order valence-electron chi connectivity index (χ0n) is 15.4. The minimum Gasteiger partial charge on any atom is -0.508 e. The first-order valence-corrected chi connectivity index (χ1v) is 10.6. The number of amides is 1. The van der Waals surface area contributed by atoms with Crippen LogP contribution in [0.3, 0.4) is 0 Å². The smallest absolute Gasteiger partial charge is 0.251 e. The Kier molecular flexibility index (Phi) is 8.91. The van der Waals surface area contributed by atoms with Crippen LogP contribution in [0.4, 0.5) is 0 Å². The standard InChI is InChI=1S/C17H28N4O4S/c1-4-18-17(21-13(2)9-12-26(3,24)25)20-11-10-19-16(23)14-5-7-15(22)8-6-14/h5-8,13,22H,4,9-12H2,1-3H3,(H,19,23)(H2,18,20,21). The van der Waals surface area contributed by atoms with Crippen LogP contribution in [-0.2, 0) is 9.84 Å². The number of aliphatic imine (C=N–C) groups is 1. The maximum Gasteiger partial charge on any atom is 0.251 e. The highest BCUT2D eigenvalue weighted by Crippen LogP contribution is 2.09. The molecule has 0 fully saturated rings. The molecule has 0 spiro atoms. The molecule has 1 unspecified atom stereocenters. The summed E-state index contributed by atoms with van der Waals surface area (Å²) in [5, 5.41) is 18.2. The van der Waals surface area contributed by atoms with Crippen LogP contribution in [0.5, 0.6) is 5.75 Å². The van der Waals surface area contributed by atoms with E-state index in [0.29, 0.717) is 37.6 Å². The predicted molar refractivity (Wildman–Crippen MR) is 103 cm³/mol. The number of carbonyl (C=O) groups excluding carboxylic acids is 1. The highest BCUT2D eigenvalue weighted by atomic mass is 32.2. The van der Waals surface area contributed by atoms with Crippen LogP contribution in [0.2, 0.25) is 0 Å². The van der Waals surface area contributed by atoms with Gasteiger partial charge in [0.25, 0.3) is 5.91 Å². The van der Waals surface area contributed by atoms with Gasteiger partial charge in [-0.05, 0) is 44.5 Å². The topological polar surface area (TPSA) is 120 Å². The average molecular weight is 385 g/mol. The number of rotatable bonds is 9. The minimum absolute atomic E-state index is 0.0471. The molecule has 9 heteroatoms. The summed E-state index contributed by atoms with van der Waals surface area (Å²) in [5.41, 5.74) is 0.464. The van der Waals surface area contributed by atoms with Crippen LogP contribution in [0.15, 0.2) is 29.3 Å². The number of hydrogen-bond donors (Lipinski definition) is 4. The monoisotopic (exact) mass is 384 g/mol. The van der Waals surface area contributed by atoms with E-state index in [1.807, 2.05) is 13.8 Å². The van der Waals surface area contributed by atoms with E-state index in [4.69, 9.17) is 0 Å². The van der Waals surface area contributed by atoms with Crippen LogP contribution < -0.4 is 16.0 Å². The molecule has 0 aliphatic rings. The molecule has 0 aliphatic heterocycles. The molecule has 0 radical (unpaired) electrons. The van der Waals surface area contributed by atoms with E-state index in [1.54, 1.807) is 12.1 Å². The molecule has 0 bridgehead atoms. The summed E-state index contributed by atoms with van der Waals surface area (Å²) in [7, 11) is -2.99. The average Bonchev–Trinajstić information content (AvgIpc) is 2.57. The van der Waals surface area contributed by atoms with E-state index in [1.165, 1.54) is 18.4 Å². The van der Waals surface area contributed by atoms with Crippen molar-refractivity contribution in [2.75, 3.05) is 31.6 Å². The molecular formula is C17H28N4O4S. The fourth-order valence-corrected chi connectivity index (χ4v) is 2.85. The van der Waals surface area contributed by atoms with E-state index in [-0.39, 0.29) is 23.5 Å². The lowest BCUT2D eigenvalue weighted by atomic mass is 10.2. The van der Waals surface area contributed by atoms with E-state index in [0.717, 1.165) is 0 Å². The number of sulfone groups is 1. The first kappa shape index (κ1) is 21.8. The lowest BCUT2D eigenvalue weighted by molar-refractivity contribution is 0.0955. The molecular weight excluding hydrogens is 356 g/mol. The molecule has 0 aromatic heterocycles. The lowest BCUT2D eigenvalue weighted by Crippen LogP contribution is -2.43. The second-order valence-corrected chi connectivity index (χ2v) is 8.29. The first-order chi connectivity index (χ1) is 12.2. The lowest BCUT2D eigenvalue weighted by Gasteiger charge is -2.17. The van der Waals surface area contributed by atoms with E-state index in [9.17, 15) is 18.3 Å². The van der Waals surface area contributed by atoms with E-state index >= 15 is 0 Å². The molecule has 0 saturated heterocycles. The maximum absolute atomic E-state index is 12.0. The zero-order valence-corrected chi connectivity index (χ0v) is 16.3. The molecule has 1 rings (SSSR count). The number of nitrogens with zero attached hydrogens (tertiary/aromatic N) is 1. The molecule has 26 heavy (non-hydrogen) atoms. The molecule has 0 aliphatic carbocycles. The van der Waals surface area contributed by atoms with Gasteiger partial charge in [-0.3, -0.25) is 9.79 Å². The van der Waals surface area contributed by atoms with Gasteiger partial charge in [0, 0.05) is 31.0 Å². The van der Waals surface area contributed by atoms with Gasteiger partial charge in [0.05, 0.1) is 12.3 Å². The van der Waals surface area contributed by atoms with Crippen molar-refractivity contribution in [2.24, 2.45) is 4.99 Å². The van der Waals surface area contributed by atoms with Gasteiger partial charge in [0.15, 0.2) is 5.96 Å². The second kappa shape index (κ2) is 10.6. The van der Waals surface area contributed by atoms with E-state index < -0.39 is 9.84 Å². The molecule has 0 heterocycles. The quantitative estimate of drug-likeness (QED) is 0.280. The van der Waals surface area contributed by atoms with Crippen molar-refractivity contribution in [3.05, 3.63) is 29.8 Å². The van der Waals surface area contributed by atoms with Gasteiger partial charge in [-0.2, -0.15) is 0 Å². The third-order valence-corrected chi connectivity index (χ3v) is 4.42. The fourth-order valence-electron chi connectivity index (χ4n) is 2.07. The zero-order chi connectivity index (χ0) is 19.6. The fraction of sp³-hybridized carbons (Fsp3) is 0.529. The molecule has 8 nitrogen and oxygen atoms in total. The Balaban J connectivity index is 2.45. The SMILES string of the molecule is CCNC(=NCCNC(=O)c1ccc(O)cc1)NC(C)CCS(C)(=O)=O. The first-order valence-electron chi connectivity index (χ1n) is 8.51. The van der Waals surface area contributed by atoms with Crippen LogP contribution in [0.1, 0.15) is 30.6 Å². The normalized spacial score (nSPS) is 13.1. The third-order valence-electron chi connectivity index (χ3n) is 3.45. The summed E-state index contributed by atoms with van der Waals surface area (Å²) >= 11 is 0. The Labute approximate surface area is 155 Å². The number of hydrogen-bond acceptors (Lipinski definition) is 5. The number of nitrogens with one attached hydrogen (secondary N) is 3. The van der Waals surface area contributed by atoms with Crippen molar-refractivity contribution in [1.82, 2.24) is 16.0 Å². The maximum atomic E-state index is 12.0. The molecule has 0 saturated carbocycles. The Bertz CT molecular complexity index is 702. The Morgan fingerprint density at radius 2 is 1.88 bits per heavy atom. The molecule has 1 aromatic rings. The van der Waals surface area contributed by atoms with Gasteiger partial charge in [-0.25, -0.2) is 8.42 Å².